The molecule has 4 heteroatoms. The molecular formula is C24H34O4. The Kier molecular flexibility index (Phi) is 7.73. The quantitative estimate of drug-likeness (QED) is 0.326. The van der Waals surface area contributed by atoms with Gasteiger partial charge in [-0.05, 0) is 89.5 Å². The standard InChI is InChI=1S/C24H34O4/c1-17(9-7-11-18(2)23(25)27-6)10-8-13-24(4)14-12-20-16-21(26-5)15-19(3)22(20)28-24/h10-11,15-16H,7-9,12-14H2,1-6H3/b17-10+,18-11-. The molecule has 1 aliphatic heterocycles. The second kappa shape index (κ2) is 9.81. The third-order valence-electron chi connectivity index (χ3n) is 5.49. The van der Waals surface area contributed by atoms with Crippen LogP contribution in [0.5, 0.6) is 11.5 Å². The Labute approximate surface area is 169 Å². The maximum Gasteiger partial charge on any atom is 0.333 e. The molecule has 1 aliphatic rings. The van der Waals surface area contributed by atoms with Crippen molar-refractivity contribution in [3.63, 3.8) is 0 Å². The van der Waals surface area contributed by atoms with E-state index in [2.05, 4.69) is 32.9 Å². The summed E-state index contributed by atoms with van der Waals surface area (Å²) in [7, 11) is 3.12. The van der Waals surface area contributed by atoms with E-state index in [0.29, 0.717) is 5.57 Å². The molecule has 0 N–H and O–H groups in total. The molecule has 1 atom stereocenters. The number of carbonyl (C=O) groups is 1. The molecule has 1 aromatic rings. The van der Waals surface area contributed by atoms with Crippen LogP contribution in [0.2, 0.25) is 0 Å². The molecule has 28 heavy (non-hydrogen) atoms. The average molecular weight is 387 g/mol. The lowest BCUT2D eigenvalue weighted by Gasteiger charge is -2.37. The van der Waals surface area contributed by atoms with Crippen LogP contribution in [0.25, 0.3) is 0 Å². The van der Waals surface area contributed by atoms with Crippen molar-refractivity contribution < 1.29 is 19.0 Å². The fraction of sp³-hybridized carbons (Fsp3) is 0.542. The largest absolute Gasteiger partial charge is 0.497 e. The van der Waals surface area contributed by atoms with Gasteiger partial charge in [-0.3, -0.25) is 0 Å². The van der Waals surface area contributed by atoms with Crippen molar-refractivity contribution in [2.45, 2.75) is 71.8 Å². The molecule has 4 nitrogen and oxygen atoms in total. The predicted octanol–water partition coefficient (Wildman–Crippen LogP) is 5.71. The number of carbonyl (C=O) groups excluding carboxylic acids is 1. The highest BCUT2D eigenvalue weighted by molar-refractivity contribution is 5.87. The summed E-state index contributed by atoms with van der Waals surface area (Å²) < 4.78 is 16.5. The lowest BCUT2D eigenvalue weighted by atomic mass is 9.87. The number of benzene rings is 1. The second-order valence-corrected chi connectivity index (χ2v) is 7.99. The first-order valence-corrected chi connectivity index (χ1v) is 10.0. The van der Waals surface area contributed by atoms with Gasteiger partial charge < -0.3 is 14.2 Å². The van der Waals surface area contributed by atoms with Gasteiger partial charge in [0.05, 0.1) is 14.2 Å². The van der Waals surface area contributed by atoms with E-state index in [9.17, 15) is 4.79 Å². The summed E-state index contributed by atoms with van der Waals surface area (Å²) in [6, 6.07) is 4.13. The van der Waals surface area contributed by atoms with Gasteiger partial charge in [0.25, 0.3) is 0 Å². The zero-order valence-electron chi connectivity index (χ0n) is 18.2. The van der Waals surface area contributed by atoms with Crippen LogP contribution in [0.3, 0.4) is 0 Å². The Bertz CT molecular complexity index is 760. The SMILES string of the molecule is COC(=O)/C(C)=C\CC/C(C)=C/CCC1(C)CCc2cc(OC)cc(C)c2O1. The highest BCUT2D eigenvalue weighted by Gasteiger charge is 2.32. The molecule has 0 aromatic heterocycles. The third-order valence-corrected chi connectivity index (χ3v) is 5.49. The van der Waals surface area contributed by atoms with E-state index in [-0.39, 0.29) is 11.6 Å². The van der Waals surface area contributed by atoms with E-state index in [1.54, 1.807) is 14.0 Å². The molecule has 154 valence electrons. The third kappa shape index (κ3) is 5.88. The molecule has 0 aliphatic carbocycles. The van der Waals surface area contributed by atoms with Crippen LogP contribution in [0.15, 0.2) is 35.4 Å². The highest BCUT2D eigenvalue weighted by atomic mass is 16.5. The maximum atomic E-state index is 11.4. The number of esters is 1. The summed E-state index contributed by atoms with van der Waals surface area (Å²) in [6.45, 7) is 8.24. The Morgan fingerprint density at radius 1 is 1.21 bits per heavy atom. The molecule has 0 saturated heterocycles. The Morgan fingerprint density at radius 3 is 2.64 bits per heavy atom. The van der Waals surface area contributed by atoms with Crippen molar-refractivity contribution in [1.29, 1.82) is 0 Å². The summed E-state index contributed by atoms with van der Waals surface area (Å²) in [5.74, 6) is 1.68. The van der Waals surface area contributed by atoms with Gasteiger partial charge in [0.2, 0.25) is 0 Å². The van der Waals surface area contributed by atoms with Crippen molar-refractivity contribution in [3.05, 3.63) is 46.6 Å². The number of methoxy groups -OCH3 is 2. The van der Waals surface area contributed by atoms with Crippen LogP contribution in [-0.2, 0) is 16.0 Å². The number of aryl methyl sites for hydroxylation is 2. The van der Waals surface area contributed by atoms with Gasteiger partial charge in [-0.25, -0.2) is 4.79 Å². The van der Waals surface area contributed by atoms with Gasteiger partial charge in [-0.2, -0.15) is 0 Å². The summed E-state index contributed by atoms with van der Waals surface area (Å²) >= 11 is 0. The van der Waals surface area contributed by atoms with Crippen LogP contribution < -0.4 is 9.47 Å². The van der Waals surface area contributed by atoms with Crippen molar-refractivity contribution in [2.75, 3.05) is 14.2 Å². The number of hydrogen-bond donors (Lipinski definition) is 0. The topological polar surface area (TPSA) is 44.8 Å². The Morgan fingerprint density at radius 2 is 1.96 bits per heavy atom. The lowest BCUT2D eigenvalue weighted by Crippen LogP contribution is -2.36. The van der Waals surface area contributed by atoms with Crippen LogP contribution in [0, 0.1) is 6.92 Å². The van der Waals surface area contributed by atoms with Gasteiger partial charge in [0.15, 0.2) is 0 Å². The molecule has 0 bridgehead atoms. The first kappa shape index (κ1) is 22.1. The zero-order chi connectivity index (χ0) is 20.7. The van der Waals surface area contributed by atoms with E-state index in [4.69, 9.17) is 14.2 Å². The first-order chi connectivity index (χ1) is 13.3. The normalized spacial score (nSPS) is 19.6. The average Bonchev–Trinajstić information content (AvgIpc) is 2.67. The number of fused-ring (bicyclic) bond motifs is 1. The van der Waals surface area contributed by atoms with Crippen LogP contribution in [-0.4, -0.2) is 25.8 Å². The van der Waals surface area contributed by atoms with Crippen molar-refractivity contribution in [3.8, 4) is 11.5 Å². The van der Waals surface area contributed by atoms with Crippen LogP contribution in [0.1, 0.15) is 64.0 Å². The maximum absolute atomic E-state index is 11.4. The fourth-order valence-corrected chi connectivity index (χ4v) is 3.62. The van der Waals surface area contributed by atoms with Gasteiger partial charge in [0, 0.05) is 5.57 Å². The van der Waals surface area contributed by atoms with E-state index < -0.39 is 0 Å². The van der Waals surface area contributed by atoms with Crippen molar-refractivity contribution in [1.82, 2.24) is 0 Å². The summed E-state index contributed by atoms with van der Waals surface area (Å²) in [6.07, 6.45) is 10.1. The number of ether oxygens (including phenoxy) is 3. The molecule has 0 spiro atoms. The van der Waals surface area contributed by atoms with Gasteiger partial charge >= 0.3 is 5.97 Å². The lowest BCUT2D eigenvalue weighted by molar-refractivity contribution is -0.136. The minimum Gasteiger partial charge on any atom is -0.497 e. The molecular weight excluding hydrogens is 352 g/mol. The first-order valence-electron chi connectivity index (χ1n) is 10.0. The zero-order valence-corrected chi connectivity index (χ0v) is 18.2. The summed E-state index contributed by atoms with van der Waals surface area (Å²) in [5, 5.41) is 0. The minimum atomic E-state index is -0.253. The Hall–Kier alpha value is -2.23. The summed E-state index contributed by atoms with van der Waals surface area (Å²) in [5.41, 5.74) is 4.26. The van der Waals surface area contributed by atoms with E-state index in [1.807, 2.05) is 12.1 Å². The number of rotatable bonds is 8. The molecule has 1 aromatic carbocycles. The molecule has 2 rings (SSSR count). The molecule has 1 heterocycles. The second-order valence-electron chi connectivity index (χ2n) is 7.99. The van der Waals surface area contributed by atoms with Crippen molar-refractivity contribution >= 4 is 5.97 Å². The van der Waals surface area contributed by atoms with E-state index in [1.165, 1.54) is 18.2 Å². The molecule has 0 fully saturated rings. The monoisotopic (exact) mass is 386 g/mol. The van der Waals surface area contributed by atoms with E-state index in [0.717, 1.165) is 55.6 Å². The van der Waals surface area contributed by atoms with Gasteiger partial charge in [-0.1, -0.05) is 17.7 Å². The van der Waals surface area contributed by atoms with Crippen molar-refractivity contribution in [2.24, 2.45) is 0 Å². The van der Waals surface area contributed by atoms with E-state index >= 15 is 0 Å². The highest BCUT2D eigenvalue weighted by Crippen LogP contribution is 2.40. The molecule has 0 saturated carbocycles. The van der Waals surface area contributed by atoms with Crippen LogP contribution in [0.4, 0.5) is 0 Å². The fourth-order valence-electron chi connectivity index (χ4n) is 3.62. The minimum absolute atomic E-state index is 0.134. The van der Waals surface area contributed by atoms with Gasteiger partial charge in [0.1, 0.15) is 17.1 Å². The smallest absolute Gasteiger partial charge is 0.333 e. The number of allylic oxidation sites excluding steroid dienone is 3. The molecule has 0 radical (unpaired) electrons. The van der Waals surface area contributed by atoms with Crippen LogP contribution >= 0.6 is 0 Å². The summed E-state index contributed by atoms with van der Waals surface area (Å²) in [4.78, 5) is 11.4. The molecule has 1 unspecified atom stereocenters. The van der Waals surface area contributed by atoms with Gasteiger partial charge in [-0.15, -0.1) is 0 Å². The molecule has 0 amide bonds. The Balaban J connectivity index is 1.89. The number of hydrogen-bond acceptors (Lipinski definition) is 4. The predicted molar refractivity (Wildman–Crippen MR) is 113 cm³/mol.